The van der Waals surface area contributed by atoms with Crippen molar-refractivity contribution in [3.8, 4) is 5.75 Å². The Morgan fingerprint density at radius 1 is 1.20 bits per heavy atom. The second kappa shape index (κ2) is 10.6. The number of halogens is 2. The van der Waals surface area contributed by atoms with Crippen LogP contribution in [0.2, 0.25) is 0 Å². The summed E-state index contributed by atoms with van der Waals surface area (Å²) >= 11 is 3.37. The Kier molecular flexibility index (Phi) is 7.31. The van der Waals surface area contributed by atoms with E-state index in [1.807, 2.05) is 6.92 Å². The van der Waals surface area contributed by atoms with Crippen molar-refractivity contribution in [1.82, 2.24) is 9.66 Å². The molecule has 4 aromatic rings. The van der Waals surface area contributed by atoms with Gasteiger partial charge in [-0.3, -0.25) is 14.9 Å². The maximum atomic E-state index is 14.0. The van der Waals surface area contributed by atoms with E-state index >= 15 is 0 Å². The van der Waals surface area contributed by atoms with Crippen molar-refractivity contribution in [2.45, 2.75) is 26.4 Å². The lowest BCUT2D eigenvalue weighted by Gasteiger charge is -2.11. The maximum absolute atomic E-state index is 14.0. The summed E-state index contributed by atoms with van der Waals surface area (Å²) in [5, 5.41) is 16.0. The van der Waals surface area contributed by atoms with E-state index in [4.69, 9.17) is 4.74 Å². The van der Waals surface area contributed by atoms with Gasteiger partial charge >= 0.3 is 0 Å². The van der Waals surface area contributed by atoms with Gasteiger partial charge in [0, 0.05) is 34.2 Å². The van der Waals surface area contributed by atoms with E-state index in [2.05, 4.69) is 26.0 Å². The summed E-state index contributed by atoms with van der Waals surface area (Å²) in [5.41, 5.74) is 0.609. The Morgan fingerprint density at radius 2 is 2.00 bits per heavy atom. The van der Waals surface area contributed by atoms with Crippen molar-refractivity contribution >= 4 is 38.7 Å². The van der Waals surface area contributed by atoms with Gasteiger partial charge in [-0.2, -0.15) is 9.78 Å². The first-order valence-electron chi connectivity index (χ1n) is 10.8. The summed E-state index contributed by atoms with van der Waals surface area (Å²) in [5.74, 6) is 0.292. The van der Waals surface area contributed by atoms with Crippen LogP contribution in [-0.4, -0.2) is 20.8 Å². The van der Waals surface area contributed by atoms with E-state index in [1.165, 1.54) is 35.2 Å². The van der Waals surface area contributed by atoms with Crippen LogP contribution in [-0.2, 0) is 13.0 Å². The fourth-order valence-electron chi connectivity index (χ4n) is 3.47. The van der Waals surface area contributed by atoms with Gasteiger partial charge in [-0.1, -0.05) is 41.1 Å². The molecule has 0 unspecified atom stereocenters. The van der Waals surface area contributed by atoms with Gasteiger partial charge < -0.3 is 4.74 Å². The Morgan fingerprint density at radius 3 is 2.74 bits per heavy atom. The summed E-state index contributed by atoms with van der Waals surface area (Å²) in [6, 6.07) is 15.4. The summed E-state index contributed by atoms with van der Waals surface area (Å²) in [4.78, 5) is 28.6. The third-order valence-electron chi connectivity index (χ3n) is 5.21. The highest BCUT2D eigenvalue weighted by molar-refractivity contribution is 9.10. The van der Waals surface area contributed by atoms with Crippen LogP contribution in [0, 0.1) is 15.9 Å². The number of ether oxygens (including phenoxy) is 1. The van der Waals surface area contributed by atoms with E-state index in [0.29, 0.717) is 28.7 Å². The number of aryl methyl sites for hydroxylation is 1. The van der Waals surface area contributed by atoms with Crippen LogP contribution < -0.4 is 10.3 Å². The molecule has 0 aliphatic heterocycles. The molecule has 178 valence electrons. The van der Waals surface area contributed by atoms with Gasteiger partial charge in [0.15, 0.2) is 0 Å². The largest absolute Gasteiger partial charge is 0.488 e. The molecule has 10 heteroatoms. The molecule has 3 aromatic carbocycles. The molecule has 1 aromatic heterocycles. The smallest absolute Gasteiger partial charge is 0.282 e. The number of benzene rings is 3. The van der Waals surface area contributed by atoms with Crippen molar-refractivity contribution < 1.29 is 14.1 Å². The molecule has 0 fully saturated rings. The molecule has 4 rings (SSSR count). The molecule has 0 bridgehead atoms. The van der Waals surface area contributed by atoms with Crippen LogP contribution in [0.25, 0.3) is 10.9 Å². The lowest BCUT2D eigenvalue weighted by molar-refractivity contribution is -0.384. The van der Waals surface area contributed by atoms with Crippen molar-refractivity contribution in [1.29, 1.82) is 0 Å². The minimum Gasteiger partial charge on any atom is -0.488 e. The summed E-state index contributed by atoms with van der Waals surface area (Å²) < 4.78 is 21.7. The van der Waals surface area contributed by atoms with Gasteiger partial charge in [0.25, 0.3) is 11.2 Å². The average molecular weight is 539 g/mol. The average Bonchev–Trinajstić information content (AvgIpc) is 2.84. The summed E-state index contributed by atoms with van der Waals surface area (Å²) in [6.45, 7) is 1.87. The Hall–Kier alpha value is -3.92. The summed E-state index contributed by atoms with van der Waals surface area (Å²) in [7, 11) is 0. The fourth-order valence-corrected chi connectivity index (χ4v) is 3.83. The third-order valence-corrected chi connectivity index (χ3v) is 5.70. The highest BCUT2D eigenvalue weighted by Gasteiger charge is 2.14. The minimum absolute atomic E-state index is 0.0854. The van der Waals surface area contributed by atoms with Gasteiger partial charge in [-0.15, -0.1) is 0 Å². The van der Waals surface area contributed by atoms with E-state index in [1.54, 1.807) is 36.4 Å². The molecule has 0 saturated carbocycles. The predicted molar refractivity (Wildman–Crippen MR) is 135 cm³/mol. The zero-order valence-electron chi connectivity index (χ0n) is 18.6. The van der Waals surface area contributed by atoms with E-state index in [9.17, 15) is 19.3 Å². The van der Waals surface area contributed by atoms with Gasteiger partial charge in [-0.25, -0.2) is 9.37 Å². The summed E-state index contributed by atoms with van der Waals surface area (Å²) in [6.07, 6.45) is 2.55. The first-order valence-corrected chi connectivity index (χ1v) is 11.6. The standard InChI is InChI=1S/C25H20BrFN4O4/c1-2-5-24-29-22-10-8-18(26)13-20(22)25(32)30(24)28-14-17-12-19(31(33)34)9-11-23(17)35-15-16-6-3-4-7-21(16)27/h3-4,6-14H,2,5,15H2,1H3. The minimum atomic E-state index is -0.540. The number of hydrogen-bond acceptors (Lipinski definition) is 6. The van der Waals surface area contributed by atoms with Crippen LogP contribution in [0.15, 0.2) is 75.0 Å². The van der Waals surface area contributed by atoms with E-state index in [-0.39, 0.29) is 29.2 Å². The molecular weight excluding hydrogens is 519 g/mol. The monoisotopic (exact) mass is 538 g/mol. The van der Waals surface area contributed by atoms with E-state index < -0.39 is 10.7 Å². The van der Waals surface area contributed by atoms with Crippen LogP contribution >= 0.6 is 15.9 Å². The molecule has 0 spiro atoms. The molecule has 1 heterocycles. The number of fused-ring (bicyclic) bond motifs is 1. The number of nitro benzene ring substituents is 1. The molecule has 0 aliphatic rings. The van der Waals surface area contributed by atoms with Gasteiger partial charge in [0.1, 0.15) is 24.0 Å². The molecule has 0 aliphatic carbocycles. The van der Waals surface area contributed by atoms with Crippen LogP contribution in [0.3, 0.4) is 0 Å². The first kappa shape index (κ1) is 24.2. The van der Waals surface area contributed by atoms with Crippen molar-refractivity contribution in [3.63, 3.8) is 0 Å². The molecular formula is C25H20BrFN4O4. The van der Waals surface area contributed by atoms with Crippen molar-refractivity contribution in [3.05, 3.63) is 108 Å². The molecule has 0 saturated heterocycles. The number of nitro groups is 1. The SMILES string of the molecule is CCCc1nc2ccc(Br)cc2c(=O)n1N=Cc1cc([N+](=O)[O-])ccc1OCc1ccccc1F. The molecule has 8 nitrogen and oxygen atoms in total. The Bertz CT molecular complexity index is 1500. The Balaban J connectivity index is 1.77. The van der Waals surface area contributed by atoms with Crippen LogP contribution in [0.5, 0.6) is 5.75 Å². The quantitative estimate of drug-likeness (QED) is 0.164. The Labute approximate surface area is 208 Å². The first-order chi connectivity index (χ1) is 16.9. The molecule has 35 heavy (non-hydrogen) atoms. The van der Waals surface area contributed by atoms with Crippen LogP contribution in [0.1, 0.15) is 30.3 Å². The lowest BCUT2D eigenvalue weighted by atomic mass is 10.2. The zero-order chi connectivity index (χ0) is 24.9. The highest BCUT2D eigenvalue weighted by Crippen LogP contribution is 2.24. The van der Waals surface area contributed by atoms with E-state index in [0.717, 1.165) is 10.9 Å². The number of rotatable bonds is 8. The predicted octanol–water partition coefficient (Wildman–Crippen LogP) is 5.62. The number of nitrogens with zero attached hydrogens (tertiary/aromatic N) is 4. The number of non-ortho nitro benzene ring substituents is 1. The van der Waals surface area contributed by atoms with Crippen molar-refractivity contribution in [2.75, 3.05) is 0 Å². The third kappa shape index (κ3) is 5.43. The van der Waals surface area contributed by atoms with Gasteiger partial charge in [0.2, 0.25) is 0 Å². The van der Waals surface area contributed by atoms with Gasteiger partial charge in [0.05, 0.1) is 22.0 Å². The topological polar surface area (TPSA) is 99.6 Å². The maximum Gasteiger partial charge on any atom is 0.282 e. The number of aromatic nitrogens is 2. The molecule has 0 radical (unpaired) electrons. The fraction of sp³-hybridized carbons (Fsp3) is 0.160. The second-order valence-corrected chi connectivity index (χ2v) is 8.58. The van der Waals surface area contributed by atoms with Crippen molar-refractivity contribution in [2.24, 2.45) is 5.10 Å². The molecule has 0 atom stereocenters. The molecule has 0 amide bonds. The lowest BCUT2D eigenvalue weighted by Crippen LogP contribution is -2.22. The molecule has 0 N–H and O–H groups in total. The number of hydrogen-bond donors (Lipinski definition) is 0. The second-order valence-electron chi connectivity index (χ2n) is 7.66. The normalized spacial score (nSPS) is 11.3. The van der Waals surface area contributed by atoms with Crippen LogP contribution in [0.4, 0.5) is 10.1 Å². The highest BCUT2D eigenvalue weighted by atomic mass is 79.9. The van der Waals surface area contributed by atoms with Gasteiger partial charge in [-0.05, 0) is 36.8 Å². The zero-order valence-corrected chi connectivity index (χ0v) is 20.2.